The van der Waals surface area contributed by atoms with Crippen LogP contribution in [0.3, 0.4) is 0 Å². The minimum Gasteiger partial charge on any atom is -0.396 e. The van der Waals surface area contributed by atoms with Crippen LogP contribution in [0.15, 0.2) is 18.3 Å². The Bertz CT molecular complexity index is 498. The molecule has 1 aliphatic heterocycles. The van der Waals surface area contributed by atoms with E-state index >= 15 is 0 Å². The molecule has 2 aromatic heterocycles. The van der Waals surface area contributed by atoms with E-state index < -0.39 is 0 Å². The lowest BCUT2D eigenvalue weighted by atomic mass is 9.97. The second-order valence-electron chi connectivity index (χ2n) is 4.24. The van der Waals surface area contributed by atoms with Gasteiger partial charge in [-0.25, -0.2) is 0 Å². The number of nitrogens with zero attached hydrogens (tertiary/aromatic N) is 3. The third-order valence-electron chi connectivity index (χ3n) is 3.20. The van der Waals surface area contributed by atoms with Crippen LogP contribution >= 0.6 is 0 Å². The van der Waals surface area contributed by atoms with E-state index in [1.54, 1.807) is 0 Å². The van der Waals surface area contributed by atoms with Gasteiger partial charge in [-0.3, -0.25) is 4.40 Å². The molecule has 0 saturated carbocycles. The van der Waals surface area contributed by atoms with Crippen LogP contribution < -0.4 is 11.1 Å². The molecular formula is C11H15N5. The molecule has 0 bridgehead atoms. The van der Waals surface area contributed by atoms with E-state index in [0.717, 1.165) is 37.4 Å². The number of nitrogens with two attached hydrogens (primary N) is 1. The van der Waals surface area contributed by atoms with Crippen molar-refractivity contribution in [2.75, 3.05) is 18.8 Å². The zero-order chi connectivity index (χ0) is 11.0. The van der Waals surface area contributed by atoms with Gasteiger partial charge in [-0.2, -0.15) is 0 Å². The lowest BCUT2D eigenvalue weighted by Crippen LogP contribution is -2.27. The predicted octanol–water partition coefficient (Wildman–Crippen LogP) is 0.778. The van der Waals surface area contributed by atoms with Gasteiger partial charge in [0.25, 0.3) is 0 Å². The van der Waals surface area contributed by atoms with Gasteiger partial charge in [-0.1, -0.05) is 0 Å². The number of nitrogen functional groups attached to an aromatic ring is 1. The zero-order valence-corrected chi connectivity index (χ0v) is 9.06. The fraction of sp³-hybridized carbons (Fsp3) is 0.455. The average molecular weight is 217 g/mol. The van der Waals surface area contributed by atoms with Crippen LogP contribution in [0.25, 0.3) is 5.65 Å². The Balaban J connectivity index is 2.06. The first-order chi connectivity index (χ1) is 7.86. The van der Waals surface area contributed by atoms with Gasteiger partial charge in [-0.15, -0.1) is 10.2 Å². The Morgan fingerprint density at radius 2 is 2.12 bits per heavy atom. The lowest BCUT2D eigenvalue weighted by Gasteiger charge is -2.20. The molecular weight excluding hydrogens is 202 g/mol. The van der Waals surface area contributed by atoms with Gasteiger partial charge in [-0.05, 0) is 38.1 Å². The molecule has 3 rings (SSSR count). The van der Waals surface area contributed by atoms with Crippen LogP contribution in [-0.4, -0.2) is 27.7 Å². The highest BCUT2D eigenvalue weighted by Gasteiger charge is 2.20. The highest BCUT2D eigenvalue weighted by molar-refractivity contribution is 5.63. The fourth-order valence-corrected chi connectivity index (χ4v) is 2.31. The third kappa shape index (κ3) is 1.44. The summed E-state index contributed by atoms with van der Waals surface area (Å²) in [7, 11) is 0. The number of rotatable bonds is 1. The van der Waals surface area contributed by atoms with Gasteiger partial charge in [0.15, 0.2) is 5.65 Å². The summed E-state index contributed by atoms with van der Waals surface area (Å²) in [6.07, 6.45) is 4.23. The molecule has 1 saturated heterocycles. The van der Waals surface area contributed by atoms with Gasteiger partial charge in [0.05, 0.1) is 5.69 Å². The van der Waals surface area contributed by atoms with Crippen molar-refractivity contribution in [3.05, 3.63) is 24.2 Å². The summed E-state index contributed by atoms with van der Waals surface area (Å²) < 4.78 is 2.02. The number of fused-ring (bicyclic) bond motifs is 1. The first-order valence-electron chi connectivity index (χ1n) is 5.66. The van der Waals surface area contributed by atoms with Crippen molar-refractivity contribution >= 4 is 11.3 Å². The van der Waals surface area contributed by atoms with Gasteiger partial charge < -0.3 is 11.1 Å². The number of nitrogens with one attached hydrogen (secondary N) is 1. The van der Waals surface area contributed by atoms with E-state index in [1.165, 1.54) is 0 Å². The van der Waals surface area contributed by atoms with Gasteiger partial charge in [0.1, 0.15) is 5.82 Å². The van der Waals surface area contributed by atoms with Crippen LogP contribution in [0, 0.1) is 0 Å². The SMILES string of the molecule is Nc1cccn2c(C3CCNCC3)nnc12. The average Bonchev–Trinajstić information content (AvgIpc) is 2.75. The van der Waals surface area contributed by atoms with E-state index in [2.05, 4.69) is 15.5 Å². The maximum atomic E-state index is 5.86. The van der Waals surface area contributed by atoms with Crippen LogP contribution in [0.4, 0.5) is 5.69 Å². The number of piperidine rings is 1. The molecule has 0 spiro atoms. The zero-order valence-electron chi connectivity index (χ0n) is 9.06. The molecule has 3 N–H and O–H groups in total. The summed E-state index contributed by atoms with van der Waals surface area (Å²) in [5, 5.41) is 11.8. The van der Waals surface area contributed by atoms with Crippen molar-refractivity contribution < 1.29 is 0 Å². The fourth-order valence-electron chi connectivity index (χ4n) is 2.31. The summed E-state index contributed by atoms with van der Waals surface area (Å²) in [6.45, 7) is 2.11. The van der Waals surface area contributed by atoms with Gasteiger partial charge in [0, 0.05) is 12.1 Å². The van der Waals surface area contributed by atoms with Crippen molar-refractivity contribution in [2.45, 2.75) is 18.8 Å². The molecule has 5 heteroatoms. The minimum absolute atomic E-state index is 0.498. The van der Waals surface area contributed by atoms with Gasteiger partial charge >= 0.3 is 0 Å². The third-order valence-corrected chi connectivity index (χ3v) is 3.20. The number of pyridine rings is 1. The molecule has 0 radical (unpaired) electrons. The lowest BCUT2D eigenvalue weighted by molar-refractivity contribution is 0.442. The van der Waals surface area contributed by atoms with Crippen molar-refractivity contribution in [1.29, 1.82) is 0 Å². The summed E-state index contributed by atoms with van der Waals surface area (Å²) in [5.41, 5.74) is 7.33. The molecule has 3 heterocycles. The Labute approximate surface area is 93.7 Å². The number of anilines is 1. The van der Waals surface area contributed by atoms with E-state index in [9.17, 15) is 0 Å². The van der Waals surface area contributed by atoms with Gasteiger partial charge in [0.2, 0.25) is 0 Å². The quantitative estimate of drug-likeness (QED) is 0.740. The van der Waals surface area contributed by atoms with Crippen LogP contribution in [-0.2, 0) is 0 Å². The molecule has 0 aliphatic carbocycles. The largest absolute Gasteiger partial charge is 0.396 e. The molecule has 0 aromatic carbocycles. The molecule has 1 aliphatic rings. The Kier molecular flexibility index (Phi) is 2.25. The first kappa shape index (κ1) is 9.59. The topological polar surface area (TPSA) is 68.2 Å². The monoisotopic (exact) mass is 217 g/mol. The van der Waals surface area contributed by atoms with Crippen LogP contribution in [0.1, 0.15) is 24.6 Å². The summed E-state index contributed by atoms with van der Waals surface area (Å²) in [6, 6.07) is 3.80. The second kappa shape index (κ2) is 3.75. The molecule has 5 nitrogen and oxygen atoms in total. The first-order valence-corrected chi connectivity index (χ1v) is 5.66. The maximum Gasteiger partial charge on any atom is 0.183 e. The number of hydrogen-bond donors (Lipinski definition) is 2. The summed E-state index contributed by atoms with van der Waals surface area (Å²) in [5.74, 6) is 1.54. The Hall–Kier alpha value is -1.62. The van der Waals surface area contributed by atoms with Crippen LogP contribution in [0.5, 0.6) is 0 Å². The maximum absolute atomic E-state index is 5.86. The molecule has 1 fully saturated rings. The molecule has 16 heavy (non-hydrogen) atoms. The van der Waals surface area contributed by atoms with Crippen molar-refractivity contribution in [3.63, 3.8) is 0 Å². The van der Waals surface area contributed by atoms with E-state index in [4.69, 9.17) is 5.73 Å². The van der Waals surface area contributed by atoms with Crippen molar-refractivity contribution in [1.82, 2.24) is 19.9 Å². The molecule has 84 valence electrons. The van der Waals surface area contributed by atoms with E-state index in [0.29, 0.717) is 11.6 Å². The Morgan fingerprint density at radius 3 is 2.94 bits per heavy atom. The highest BCUT2D eigenvalue weighted by Crippen LogP contribution is 2.25. The molecule has 2 aromatic rings. The number of aromatic nitrogens is 3. The van der Waals surface area contributed by atoms with E-state index in [1.807, 2.05) is 22.7 Å². The summed E-state index contributed by atoms with van der Waals surface area (Å²) >= 11 is 0. The second-order valence-corrected chi connectivity index (χ2v) is 4.24. The van der Waals surface area contributed by atoms with Crippen molar-refractivity contribution in [2.24, 2.45) is 0 Å². The number of hydrogen-bond acceptors (Lipinski definition) is 4. The Morgan fingerprint density at radius 1 is 1.31 bits per heavy atom. The highest BCUT2D eigenvalue weighted by atomic mass is 15.3. The normalized spacial score (nSPS) is 18.0. The summed E-state index contributed by atoms with van der Waals surface area (Å²) in [4.78, 5) is 0. The van der Waals surface area contributed by atoms with Crippen molar-refractivity contribution in [3.8, 4) is 0 Å². The smallest absolute Gasteiger partial charge is 0.183 e. The molecule has 0 atom stereocenters. The van der Waals surface area contributed by atoms with Crippen LogP contribution in [0.2, 0.25) is 0 Å². The molecule has 0 amide bonds. The minimum atomic E-state index is 0.498. The standard InChI is InChI=1S/C11H15N5/c12-9-2-1-7-16-10(14-15-11(9)16)8-3-5-13-6-4-8/h1-2,7-8,13H,3-6,12H2. The predicted molar refractivity (Wildman–Crippen MR) is 62.2 cm³/mol. The van der Waals surface area contributed by atoms with E-state index in [-0.39, 0.29) is 0 Å². The molecule has 0 unspecified atom stereocenters.